The highest BCUT2D eigenvalue weighted by molar-refractivity contribution is 6.04. The average molecular weight is 360 g/mol. The van der Waals surface area contributed by atoms with Gasteiger partial charge in [0.05, 0.1) is 13.0 Å². The van der Waals surface area contributed by atoms with E-state index in [-0.39, 0.29) is 18.7 Å². The van der Waals surface area contributed by atoms with Gasteiger partial charge in [-0.25, -0.2) is 0 Å². The number of ether oxygens (including phenoxy) is 1. The molecule has 1 saturated carbocycles. The molecule has 2 fully saturated rings. The maximum Gasteiger partial charge on any atom is 0.317 e. The summed E-state index contributed by atoms with van der Waals surface area (Å²) in [6.45, 7) is 1.65. The van der Waals surface area contributed by atoms with E-state index in [9.17, 15) is 14.4 Å². The maximum atomic E-state index is 11.7. The standard InChI is InChI=1S/C19H24N2O5/c20-17(23)5-8-19(11-16(19)22)26-15-3-1-13(2-4-15)14-6-9-21(10-7-14)12-18(24)25/h1-4,14H,5-12H2,(H2,20,23)(H,24,25)/t19-/m1/s1. The van der Waals surface area contributed by atoms with Crippen LogP contribution in [0, 0.1) is 0 Å². The Labute approximate surface area is 152 Å². The van der Waals surface area contributed by atoms with Crippen molar-refractivity contribution in [3.63, 3.8) is 0 Å². The first kappa shape index (κ1) is 18.4. The summed E-state index contributed by atoms with van der Waals surface area (Å²) >= 11 is 0. The van der Waals surface area contributed by atoms with Crippen molar-refractivity contribution in [3.8, 4) is 5.75 Å². The summed E-state index contributed by atoms with van der Waals surface area (Å²) in [7, 11) is 0. The van der Waals surface area contributed by atoms with Gasteiger partial charge in [-0.1, -0.05) is 12.1 Å². The minimum absolute atomic E-state index is 0.00799. The van der Waals surface area contributed by atoms with E-state index in [1.165, 1.54) is 5.56 Å². The number of piperidine rings is 1. The van der Waals surface area contributed by atoms with Crippen LogP contribution in [0.5, 0.6) is 5.75 Å². The number of carbonyl (C=O) groups excluding carboxylic acids is 2. The first-order valence-electron chi connectivity index (χ1n) is 8.93. The van der Waals surface area contributed by atoms with Crippen molar-refractivity contribution in [3.05, 3.63) is 29.8 Å². The zero-order chi connectivity index (χ0) is 18.7. The summed E-state index contributed by atoms with van der Waals surface area (Å²) in [6, 6.07) is 7.72. The van der Waals surface area contributed by atoms with Crippen molar-refractivity contribution >= 4 is 17.7 Å². The number of nitrogens with two attached hydrogens (primary N) is 1. The van der Waals surface area contributed by atoms with Crippen LogP contribution in [0.4, 0.5) is 0 Å². The molecular weight excluding hydrogens is 336 g/mol. The molecule has 1 heterocycles. The van der Waals surface area contributed by atoms with Gasteiger partial charge in [-0.2, -0.15) is 0 Å². The van der Waals surface area contributed by atoms with Gasteiger partial charge in [-0.05, 0) is 49.5 Å². The Morgan fingerprint density at radius 2 is 1.85 bits per heavy atom. The zero-order valence-corrected chi connectivity index (χ0v) is 14.6. The molecule has 1 saturated heterocycles. The number of hydrogen-bond acceptors (Lipinski definition) is 5. The van der Waals surface area contributed by atoms with Gasteiger partial charge in [-0.15, -0.1) is 0 Å². The van der Waals surface area contributed by atoms with Crippen molar-refractivity contribution in [2.45, 2.75) is 43.6 Å². The van der Waals surface area contributed by atoms with E-state index in [2.05, 4.69) is 0 Å². The number of likely N-dealkylation sites (tertiary alicyclic amines) is 1. The first-order valence-corrected chi connectivity index (χ1v) is 8.93. The van der Waals surface area contributed by atoms with Gasteiger partial charge in [0.25, 0.3) is 0 Å². The minimum Gasteiger partial charge on any atom is -0.480 e. The van der Waals surface area contributed by atoms with Gasteiger partial charge >= 0.3 is 5.97 Å². The summed E-state index contributed by atoms with van der Waals surface area (Å²) < 4.78 is 5.85. The molecule has 2 aliphatic rings. The lowest BCUT2D eigenvalue weighted by molar-refractivity contribution is -0.138. The van der Waals surface area contributed by atoms with Crippen molar-refractivity contribution in [2.24, 2.45) is 5.73 Å². The highest BCUT2D eigenvalue weighted by Gasteiger charge is 2.56. The average Bonchev–Trinajstić information content (AvgIpc) is 3.23. The predicted octanol–water partition coefficient (Wildman–Crippen LogP) is 1.31. The van der Waals surface area contributed by atoms with Crippen LogP contribution in [0.2, 0.25) is 0 Å². The molecule has 1 aromatic rings. The molecule has 140 valence electrons. The molecule has 1 atom stereocenters. The summed E-state index contributed by atoms with van der Waals surface area (Å²) in [6.07, 6.45) is 2.64. The third-order valence-corrected chi connectivity index (χ3v) is 5.22. The lowest BCUT2D eigenvalue weighted by Gasteiger charge is -2.31. The number of carboxylic acid groups (broad SMARTS) is 1. The number of benzene rings is 1. The van der Waals surface area contributed by atoms with Gasteiger partial charge in [0.2, 0.25) is 5.91 Å². The molecule has 7 nitrogen and oxygen atoms in total. The fraction of sp³-hybridized carbons (Fsp3) is 0.526. The van der Waals surface area contributed by atoms with Gasteiger partial charge in [0.15, 0.2) is 11.4 Å². The lowest BCUT2D eigenvalue weighted by Crippen LogP contribution is -2.36. The minimum atomic E-state index is -0.876. The molecule has 0 radical (unpaired) electrons. The van der Waals surface area contributed by atoms with E-state index in [0.717, 1.165) is 25.9 Å². The van der Waals surface area contributed by atoms with Crippen LogP contribution in [-0.4, -0.2) is 52.9 Å². The Morgan fingerprint density at radius 3 is 2.35 bits per heavy atom. The lowest BCUT2D eigenvalue weighted by atomic mass is 9.89. The highest BCUT2D eigenvalue weighted by Crippen LogP contribution is 2.40. The van der Waals surface area contributed by atoms with E-state index in [1.54, 1.807) is 0 Å². The predicted molar refractivity (Wildman–Crippen MR) is 93.9 cm³/mol. The smallest absolute Gasteiger partial charge is 0.317 e. The monoisotopic (exact) mass is 360 g/mol. The van der Waals surface area contributed by atoms with Crippen LogP contribution < -0.4 is 10.5 Å². The molecule has 1 aromatic carbocycles. The zero-order valence-electron chi connectivity index (χ0n) is 14.6. The second kappa shape index (κ2) is 7.45. The summed E-state index contributed by atoms with van der Waals surface area (Å²) in [5.74, 6) is -0.191. The Balaban J connectivity index is 1.55. The molecule has 0 aromatic heterocycles. The van der Waals surface area contributed by atoms with E-state index >= 15 is 0 Å². The van der Waals surface area contributed by atoms with Gasteiger partial charge in [0, 0.05) is 12.8 Å². The van der Waals surface area contributed by atoms with Crippen LogP contribution >= 0.6 is 0 Å². The third kappa shape index (κ3) is 4.40. The number of ketones is 1. The van der Waals surface area contributed by atoms with Crippen molar-refractivity contribution in [1.29, 1.82) is 0 Å². The molecule has 1 aliphatic carbocycles. The van der Waals surface area contributed by atoms with Crippen LogP contribution in [0.15, 0.2) is 24.3 Å². The molecule has 1 aliphatic heterocycles. The Morgan fingerprint density at radius 1 is 1.23 bits per heavy atom. The van der Waals surface area contributed by atoms with Gasteiger partial charge in [-0.3, -0.25) is 19.3 Å². The Hall–Kier alpha value is -2.41. The van der Waals surface area contributed by atoms with Gasteiger partial charge < -0.3 is 15.6 Å². The molecule has 0 bridgehead atoms. The summed E-state index contributed by atoms with van der Waals surface area (Å²) in [5, 5.41) is 8.86. The Kier molecular flexibility index (Phi) is 5.27. The fourth-order valence-corrected chi connectivity index (χ4v) is 3.56. The van der Waals surface area contributed by atoms with E-state index in [4.69, 9.17) is 15.6 Å². The SMILES string of the molecule is NC(=O)CC[C@@]1(Oc2ccc(C3CCN(CC(=O)O)CC3)cc2)CC1=O. The molecule has 0 unspecified atom stereocenters. The molecule has 0 spiro atoms. The number of amides is 1. The van der Waals surface area contributed by atoms with Crippen LogP contribution in [0.1, 0.15) is 43.6 Å². The molecule has 26 heavy (non-hydrogen) atoms. The number of carboxylic acids is 1. The van der Waals surface area contributed by atoms with Crippen LogP contribution in [0.25, 0.3) is 0 Å². The molecule has 3 N–H and O–H groups in total. The number of nitrogens with zero attached hydrogens (tertiary/aromatic N) is 1. The normalized spacial score (nSPS) is 23.6. The highest BCUT2D eigenvalue weighted by atomic mass is 16.5. The fourth-order valence-electron chi connectivity index (χ4n) is 3.56. The molecule has 7 heteroatoms. The number of rotatable bonds is 8. The van der Waals surface area contributed by atoms with Crippen molar-refractivity contribution in [2.75, 3.05) is 19.6 Å². The van der Waals surface area contributed by atoms with E-state index < -0.39 is 17.5 Å². The van der Waals surface area contributed by atoms with Gasteiger partial charge in [0.1, 0.15) is 5.75 Å². The number of carbonyl (C=O) groups is 3. The maximum absolute atomic E-state index is 11.7. The number of aliphatic carboxylic acids is 1. The summed E-state index contributed by atoms with van der Waals surface area (Å²) in [5.41, 5.74) is 5.48. The third-order valence-electron chi connectivity index (χ3n) is 5.22. The van der Waals surface area contributed by atoms with E-state index in [1.807, 2.05) is 29.2 Å². The van der Waals surface area contributed by atoms with Crippen molar-refractivity contribution < 1.29 is 24.2 Å². The second-order valence-electron chi connectivity index (χ2n) is 7.18. The number of Topliss-reactive ketones (excluding diaryl/α,β-unsaturated/α-hetero) is 1. The van der Waals surface area contributed by atoms with Crippen LogP contribution in [0.3, 0.4) is 0 Å². The van der Waals surface area contributed by atoms with Crippen LogP contribution in [-0.2, 0) is 14.4 Å². The Bertz CT molecular complexity index is 694. The van der Waals surface area contributed by atoms with E-state index in [0.29, 0.717) is 24.5 Å². The number of primary amides is 1. The molecule has 3 rings (SSSR count). The molecular formula is C19H24N2O5. The summed E-state index contributed by atoms with van der Waals surface area (Å²) in [4.78, 5) is 35.4. The topological polar surface area (TPSA) is 110 Å². The quantitative estimate of drug-likeness (QED) is 0.723. The second-order valence-corrected chi connectivity index (χ2v) is 7.18. The number of hydrogen-bond donors (Lipinski definition) is 2. The molecule has 1 amide bonds. The first-order chi connectivity index (χ1) is 12.4. The largest absolute Gasteiger partial charge is 0.480 e. The van der Waals surface area contributed by atoms with Crippen molar-refractivity contribution in [1.82, 2.24) is 4.90 Å².